The molecule has 3 rings (SSSR count). The summed E-state index contributed by atoms with van der Waals surface area (Å²) in [4.78, 5) is 0. The molecule has 0 unspecified atom stereocenters. The van der Waals surface area contributed by atoms with Crippen LogP contribution in [0.15, 0.2) is 54.9 Å². The van der Waals surface area contributed by atoms with E-state index in [0.29, 0.717) is 0 Å². The Bertz CT molecular complexity index is 680. The number of benzene rings is 1. The number of halogens is 1. The summed E-state index contributed by atoms with van der Waals surface area (Å²) in [6.45, 7) is 2.18. The van der Waals surface area contributed by atoms with Crippen molar-refractivity contribution in [3.05, 3.63) is 60.4 Å². The van der Waals surface area contributed by atoms with Crippen molar-refractivity contribution in [1.82, 2.24) is 0 Å². The van der Waals surface area contributed by atoms with Crippen LogP contribution >= 0.6 is 0 Å². The zero-order valence-electron chi connectivity index (χ0n) is 10.8. The zero-order valence-corrected chi connectivity index (χ0v) is 11.5. The number of hydrogen-bond acceptors (Lipinski definition) is 4. The molecule has 0 atom stereocenters. The first-order valence-electron chi connectivity index (χ1n) is 5.81. The maximum atomic E-state index is 8.83. The monoisotopic (exact) mass is 296 g/mol. The normalized spacial score (nSPS) is 12.1. The fourth-order valence-corrected chi connectivity index (χ4v) is 2.13. The van der Waals surface area contributed by atoms with Crippen LogP contribution in [0, 0.1) is 17.2 Å². The summed E-state index contributed by atoms with van der Waals surface area (Å²) in [6.07, 6.45) is 4.27. The molecular weight excluding hydrogens is 282 g/mol. The Hall–Kier alpha value is -1.76. The van der Waals surface area contributed by atoms with Crippen LogP contribution in [-0.4, -0.2) is 14.0 Å². The van der Waals surface area contributed by atoms with Gasteiger partial charge in [-0.15, -0.1) is 0 Å². The predicted molar refractivity (Wildman–Crippen MR) is 68.5 cm³/mol. The van der Waals surface area contributed by atoms with Gasteiger partial charge in [-0.3, -0.25) is 0 Å². The van der Waals surface area contributed by atoms with E-state index in [-0.39, 0.29) is 0 Å². The van der Waals surface area contributed by atoms with Gasteiger partial charge >= 0.3 is 28.9 Å². The molecule has 0 bridgehead atoms. The Balaban J connectivity index is 0.000000257. The number of pyridine rings is 2. The van der Waals surface area contributed by atoms with E-state index < -0.39 is 10.2 Å². The van der Waals surface area contributed by atoms with Gasteiger partial charge in [-0.1, -0.05) is 18.2 Å². The van der Waals surface area contributed by atoms with Crippen molar-refractivity contribution in [3.8, 4) is 0 Å². The summed E-state index contributed by atoms with van der Waals surface area (Å²) < 4.78 is 32.4. The summed E-state index contributed by atoms with van der Waals surface area (Å²) >= 11 is 0. The van der Waals surface area contributed by atoms with Crippen LogP contribution in [0.25, 0.3) is 16.3 Å². The van der Waals surface area contributed by atoms with Gasteiger partial charge in [0.15, 0.2) is 12.4 Å². The Kier molecular flexibility index (Phi) is 4.17. The summed E-state index contributed by atoms with van der Waals surface area (Å²) in [5, 5.41) is 2.63. The van der Waals surface area contributed by atoms with Crippen molar-refractivity contribution in [3.63, 3.8) is 0 Å². The topological polar surface area (TPSA) is 87.9 Å². The third-order valence-electron chi connectivity index (χ3n) is 2.92. The Morgan fingerprint density at radius 1 is 1.00 bits per heavy atom. The van der Waals surface area contributed by atoms with Crippen molar-refractivity contribution in [2.75, 3.05) is 0 Å². The average Bonchev–Trinajstić information content (AvgIpc) is 2.37. The van der Waals surface area contributed by atoms with Gasteiger partial charge in [0, 0.05) is 23.1 Å². The molecule has 106 valence electrons. The van der Waals surface area contributed by atoms with Crippen molar-refractivity contribution in [2.45, 2.75) is 6.92 Å². The van der Waals surface area contributed by atoms with Crippen LogP contribution in [0.4, 0.5) is 0 Å². The molecule has 0 aliphatic rings. The molecule has 0 aliphatic heterocycles. The molecule has 2 aromatic heterocycles. The molecule has 0 spiro atoms. The second-order valence-corrected chi connectivity index (χ2v) is 5.14. The van der Waals surface area contributed by atoms with Gasteiger partial charge in [-0.2, -0.15) is 4.40 Å². The van der Waals surface area contributed by atoms with Gasteiger partial charge < -0.3 is 0 Å². The number of aromatic nitrogens is 1. The second-order valence-electron chi connectivity index (χ2n) is 4.27. The van der Waals surface area contributed by atoms with E-state index in [4.69, 9.17) is 18.6 Å². The molecular formula is C14H15ClNO4+. The molecule has 0 aliphatic carbocycles. The number of fused-ring (bicyclic) bond motifs is 2. The molecule has 1 aromatic carbocycles. The first-order chi connectivity index (χ1) is 9.36. The fourth-order valence-electron chi connectivity index (χ4n) is 2.13. The van der Waals surface area contributed by atoms with Crippen LogP contribution in [0.5, 0.6) is 0 Å². The quantitative estimate of drug-likeness (QED) is 0.403. The predicted octanol–water partition coefficient (Wildman–Crippen LogP) is 0.0269. The van der Waals surface area contributed by atoms with Crippen LogP contribution in [-0.2, 0) is 0 Å². The summed E-state index contributed by atoms with van der Waals surface area (Å²) in [7, 11) is -4.19. The van der Waals surface area contributed by atoms with Gasteiger partial charge in [0.1, 0.15) is 0 Å². The minimum atomic E-state index is -4.19. The Labute approximate surface area is 117 Å². The van der Waals surface area contributed by atoms with E-state index in [0.717, 1.165) is 0 Å². The van der Waals surface area contributed by atoms with E-state index in [1.165, 1.54) is 21.9 Å². The van der Waals surface area contributed by atoms with E-state index >= 15 is 0 Å². The second kappa shape index (κ2) is 5.70. The molecule has 2 heterocycles. The fraction of sp³-hybridized carbons (Fsp3) is 0.0714. The molecule has 0 amide bonds. The van der Waals surface area contributed by atoms with E-state index in [1.807, 2.05) is 0 Å². The van der Waals surface area contributed by atoms with Gasteiger partial charge in [-0.25, -0.2) is 0 Å². The Morgan fingerprint density at radius 3 is 2.30 bits per heavy atom. The molecule has 3 N–H and O–H groups in total. The summed E-state index contributed by atoms with van der Waals surface area (Å²) in [5.41, 5.74) is 2.62. The number of hydrogen-bond donors (Lipinski definition) is 3. The molecule has 20 heavy (non-hydrogen) atoms. The molecule has 0 radical (unpaired) electrons. The van der Waals surface area contributed by atoms with Gasteiger partial charge in [0.25, 0.3) is 0 Å². The third-order valence-corrected chi connectivity index (χ3v) is 2.92. The maximum absolute atomic E-state index is 8.83. The molecule has 0 saturated carbocycles. The van der Waals surface area contributed by atoms with Crippen molar-refractivity contribution in [2.24, 2.45) is 0 Å². The molecule has 5 nitrogen and oxygen atoms in total. The standard InChI is InChI=1S/C14H12N.ClH3O4/c1-11-13-7-3-2-6-12(13)10-15-9-5-4-8-14(11)15;2-1(3,4)5/h2-10H,1H3;2-4H/q+1;. The molecule has 0 saturated heterocycles. The number of rotatable bonds is 0. The number of aryl methyl sites for hydroxylation is 1. The van der Waals surface area contributed by atoms with Crippen molar-refractivity contribution >= 4 is 16.3 Å². The van der Waals surface area contributed by atoms with E-state index in [1.54, 1.807) is 0 Å². The van der Waals surface area contributed by atoms with Crippen molar-refractivity contribution in [1.29, 1.82) is 0 Å². The van der Waals surface area contributed by atoms with Crippen LogP contribution in [0.1, 0.15) is 5.56 Å². The molecule has 3 aromatic rings. The molecule has 0 fully saturated rings. The van der Waals surface area contributed by atoms with Crippen LogP contribution in [0.3, 0.4) is 0 Å². The van der Waals surface area contributed by atoms with Gasteiger partial charge in [0.2, 0.25) is 5.52 Å². The average molecular weight is 297 g/mol. The summed E-state index contributed by atoms with van der Waals surface area (Å²) in [5.74, 6) is 0. The van der Waals surface area contributed by atoms with Gasteiger partial charge in [-0.05, 0) is 24.4 Å². The zero-order chi connectivity index (χ0) is 14.8. The van der Waals surface area contributed by atoms with Crippen LogP contribution in [0.2, 0.25) is 0 Å². The summed E-state index contributed by atoms with van der Waals surface area (Å²) in [6, 6.07) is 14.8. The first-order valence-corrected chi connectivity index (χ1v) is 7.13. The van der Waals surface area contributed by atoms with Gasteiger partial charge in [0.05, 0.1) is 0 Å². The minimum absolute atomic E-state index is 1.27. The SMILES string of the molecule is Cc1c2ccccc2c[n+]2ccccc12.[O-][Cl+](O)(O)O. The van der Waals surface area contributed by atoms with Crippen molar-refractivity contribution < 1.29 is 33.3 Å². The first kappa shape index (κ1) is 14.6. The Morgan fingerprint density at radius 2 is 1.60 bits per heavy atom. The number of nitrogens with zero attached hydrogens (tertiary/aromatic N) is 1. The van der Waals surface area contributed by atoms with E-state index in [2.05, 4.69) is 66.2 Å². The van der Waals surface area contributed by atoms with E-state index in [9.17, 15) is 0 Å². The molecule has 6 heteroatoms. The third kappa shape index (κ3) is 3.63. The van der Waals surface area contributed by atoms with Crippen LogP contribution < -0.4 is 9.06 Å².